The molecular formula is C34H30ClN3O4S2. The summed E-state index contributed by atoms with van der Waals surface area (Å²) in [5, 5.41) is 3.24. The molecule has 224 valence electrons. The van der Waals surface area contributed by atoms with E-state index in [1.165, 1.54) is 23.1 Å². The molecule has 10 heteroatoms. The molecule has 0 N–H and O–H groups in total. The van der Waals surface area contributed by atoms with Gasteiger partial charge in [-0.2, -0.15) is 0 Å². The number of furan rings is 1. The molecule has 5 aromatic rings. The van der Waals surface area contributed by atoms with Gasteiger partial charge >= 0.3 is 0 Å². The van der Waals surface area contributed by atoms with Crippen molar-refractivity contribution in [2.45, 2.75) is 36.8 Å². The molecule has 7 nitrogen and oxygen atoms in total. The summed E-state index contributed by atoms with van der Waals surface area (Å²) in [5.74, 6) is 0.985. The molecule has 0 saturated carbocycles. The minimum absolute atomic E-state index is 0.152. The average Bonchev–Trinajstić information content (AvgIpc) is 3.60. The molecule has 0 aliphatic carbocycles. The standard InChI is InChI=1S/C34H30ClN3O4S2/c1-5-37(6-2)33(40)29-20(3)36-34-38(31(29)30-25-10-8-7-9-21(25)11-17-26(30)41-4)32(39)27(44-34)19-23-14-18-28(42-23)43-24-15-12-22(35)13-16-24/h7-19,31H,5-6H2,1-4H3/b27-19+/t31-/m1/s1. The van der Waals surface area contributed by atoms with Crippen molar-refractivity contribution in [3.05, 3.63) is 120 Å². The van der Waals surface area contributed by atoms with Crippen LogP contribution in [-0.2, 0) is 4.79 Å². The first-order valence-corrected chi connectivity index (χ1v) is 16.2. The third-order valence-electron chi connectivity index (χ3n) is 7.63. The quantitative estimate of drug-likeness (QED) is 0.189. The Balaban J connectivity index is 1.53. The van der Waals surface area contributed by atoms with Gasteiger partial charge in [-0.1, -0.05) is 65.0 Å². The largest absolute Gasteiger partial charge is 0.496 e. The van der Waals surface area contributed by atoms with E-state index in [0.717, 1.165) is 21.2 Å². The van der Waals surface area contributed by atoms with Crippen LogP contribution in [0.3, 0.4) is 0 Å². The maximum absolute atomic E-state index is 14.3. The van der Waals surface area contributed by atoms with Crippen molar-refractivity contribution in [1.29, 1.82) is 0 Å². The van der Waals surface area contributed by atoms with Crippen molar-refractivity contribution >= 4 is 57.5 Å². The fraction of sp³-hybridized carbons (Fsp3) is 0.206. The summed E-state index contributed by atoms with van der Waals surface area (Å²) in [5.41, 5.74) is 1.54. The van der Waals surface area contributed by atoms with Gasteiger partial charge in [0, 0.05) is 34.6 Å². The summed E-state index contributed by atoms with van der Waals surface area (Å²) in [7, 11) is 1.61. The van der Waals surface area contributed by atoms with Crippen LogP contribution < -0.4 is 19.6 Å². The number of nitrogens with zero attached hydrogens (tertiary/aromatic N) is 3. The molecule has 2 aromatic heterocycles. The van der Waals surface area contributed by atoms with Crippen LogP contribution in [0.15, 0.2) is 108 Å². The predicted molar refractivity (Wildman–Crippen MR) is 176 cm³/mol. The highest BCUT2D eigenvalue weighted by molar-refractivity contribution is 7.99. The second-order valence-electron chi connectivity index (χ2n) is 10.2. The highest BCUT2D eigenvalue weighted by Crippen LogP contribution is 2.40. The van der Waals surface area contributed by atoms with E-state index in [4.69, 9.17) is 25.7 Å². The molecule has 0 bridgehead atoms. The van der Waals surface area contributed by atoms with E-state index in [-0.39, 0.29) is 11.5 Å². The van der Waals surface area contributed by atoms with Crippen LogP contribution in [0.5, 0.6) is 5.75 Å². The van der Waals surface area contributed by atoms with Gasteiger partial charge in [-0.15, -0.1) is 0 Å². The lowest BCUT2D eigenvalue weighted by molar-refractivity contribution is -0.127. The first-order chi connectivity index (χ1) is 21.3. The number of carbonyl (C=O) groups is 1. The summed E-state index contributed by atoms with van der Waals surface area (Å²) in [4.78, 5) is 36.5. The second-order valence-corrected chi connectivity index (χ2v) is 12.7. The van der Waals surface area contributed by atoms with Gasteiger partial charge < -0.3 is 14.1 Å². The van der Waals surface area contributed by atoms with Gasteiger partial charge in [0.05, 0.1) is 22.9 Å². The smallest absolute Gasteiger partial charge is 0.271 e. The van der Waals surface area contributed by atoms with Crippen molar-refractivity contribution in [2.75, 3.05) is 20.2 Å². The lowest BCUT2D eigenvalue weighted by Crippen LogP contribution is -2.43. The normalized spacial score (nSPS) is 14.9. The van der Waals surface area contributed by atoms with E-state index in [1.807, 2.05) is 93.6 Å². The van der Waals surface area contributed by atoms with Gasteiger partial charge in [-0.05, 0) is 74.0 Å². The molecule has 0 spiro atoms. The number of benzene rings is 3. The maximum Gasteiger partial charge on any atom is 0.271 e. The van der Waals surface area contributed by atoms with E-state index >= 15 is 0 Å². The van der Waals surface area contributed by atoms with Crippen LogP contribution in [0.25, 0.3) is 16.8 Å². The third kappa shape index (κ3) is 5.51. The van der Waals surface area contributed by atoms with Gasteiger partial charge in [0.25, 0.3) is 11.5 Å². The highest BCUT2D eigenvalue weighted by atomic mass is 35.5. The summed E-state index contributed by atoms with van der Waals surface area (Å²) in [6.07, 6.45) is 1.73. The number of rotatable bonds is 8. The van der Waals surface area contributed by atoms with Crippen molar-refractivity contribution in [2.24, 2.45) is 4.99 Å². The molecule has 1 aliphatic heterocycles. The fourth-order valence-electron chi connectivity index (χ4n) is 5.50. The summed E-state index contributed by atoms with van der Waals surface area (Å²) in [6.45, 7) is 6.80. The van der Waals surface area contributed by atoms with Crippen LogP contribution >= 0.6 is 34.7 Å². The molecule has 0 saturated heterocycles. The second kappa shape index (κ2) is 12.5. The van der Waals surface area contributed by atoms with Gasteiger partial charge in [0.1, 0.15) is 17.6 Å². The number of allylic oxidation sites excluding steroid dienone is 1. The van der Waals surface area contributed by atoms with E-state index in [1.54, 1.807) is 22.7 Å². The Morgan fingerprint density at radius 3 is 2.57 bits per heavy atom. The van der Waals surface area contributed by atoms with E-state index < -0.39 is 6.04 Å². The van der Waals surface area contributed by atoms with E-state index in [9.17, 15) is 9.59 Å². The first kappa shape index (κ1) is 30.0. The van der Waals surface area contributed by atoms with Gasteiger partial charge in [-0.25, -0.2) is 4.99 Å². The van der Waals surface area contributed by atoms with Gasteiger partial charge in [0.2, 0.25) is 0 Å². The number of carbonyl (C=O) groups excluding carboxylic acids is 1. The number of fused-ring (bicyclic) bond motifs is 2. The Morgan fingerprint density at radius 1 is 1.09 bits per heavy atom. The molecule has 6 rings (SSSR count). The third-order valence-corrected chi connectivity index (χ3v) is 9.80. The number of thiazole rings is 1. The minimum Gasteiger partial charge on any atom is -0.496 e. The van der Waals surface area contributed by atoms with Crippen LogP contribution in [0.1, 0.15) is 38.1 Å². The van der Waals surface area contributed by atoms with Crippen LogP contribution in [0.2, 0.25) is 5.02 Å². The van der Waals surface area contributed by atoms with Crippen LogP contribution in [-0.4, -0.2) is 35.6 Å². The zero-order valence-electron chi connectivity index (χ0n) is 24.7. The zero-order chi connectivity index (χ0) is 31.0. The Labute approximate surface area is 267 Å². The number of hydrogen-bond acceptors (Lipinski definition) is 7. The number of methoxy groups -OCH3 is 1. The fourth-order valence-corrected chi connectivity index (χ4v) is 7.43. The number of likely N-dealkylation sites (N-methyl/N-ethyl adjacent to an activating group) is 1. The summed E-state index contributed by atoms with van der Waals surface area (Å²) < 4.78 is 14.0. The van der Waals surface area contributed by atoms with Crippen molar-refractivity contribution in [1.82, 2.24) is 9.47 Å². The molecule has 3 aromatic carbocycles. The number of hydrogen-bond donors (Lipinski definition) is 0. The monoisotopic (exact) mass is 643 g/mol. The SMILES string of the molecule is CCN(CC)C(=O)C1=C(C)N=c2s/c(=C/c3ccc(Sc4ccc(Cl)cc4)o3)c(=O)n2[C@H]1c1c(OC)ccc2ccccc12. The summed E-state index contributed by atoms with van der Waals surface area (Å²) in [6, 6.07) is 22.3. The molecule has 1 amide bonds. The zero-order valence-corrected chi connectivity index (χ0v) is 27.1. The minimum atomic E-state index is -0.741. The number of amides is 1. The molecule has 1 aliphatic rings. The average molecular weight is 644 g/mol. The van der Waals surface area contributed by atoms with E-state index in [0.29, 0.717) is 55.3 Å². The number of ether oxygens (including phenoxy) is 1. The molecular weight excluding hydrogens is 614 g/mol. The van der Waals surface area contributed by atoms with Gasteiger partial charge in [-0.3, -0.25) is 14.2 Å². The molecule has 0 fully saturated rings. The first-order valence-electron chi connectivity index (χ1n) is 14.2. The topological polar surface area (TPSA) is 77.0 Å². The molecule has 3 heterocycles. The lowest BCUT2D eigenvalue weighted by atomic mass is 9.90. The summed E-state index contributed by atoms with van der Waals surface area (Å²) >= 11 is 8.76. The number of halogens is 1. The number of aromatic nitrogens is 1. The Kier molecular flexibility index (Phi) is 8.53. The van der Waals surface area contributed by atoms with Crippen LogP contribution in [0.4, 0.5) is 0 Å². The molecule has 1 atom stereocenters. The van der Waals surface area contributed by atoms with Gasteiger partial charge in [0.15, 0.2) is 9.89 Å². The van der Waals surface area contributed by atoms with Crippen molar-refractivity contribution < 1.29 is 13.9 Å². The molecule has 0 radical (unpaired) electrons. The Bertz CT molecular complexity index is 2090. The molecule has 0 unspecified atom stereocenters. The lowest BCUT2D eigenvalue weighted by Gasteiger charge is -2.30. The predicted octanol–water partition coefficient (Wildman–Crippen LogP) is 6.66. The Hall–Kier alpha value is -4.05. The van der Waals surface area contributed by atoms with Crippen LogP contribution in [0, 0.1) is 0 Å². The molecule has 44 heavy (non-hydrogen) atoms. The van der Waals surface area contributed by atoms with Crippen molar-refractivity contribution in [3.8, 4) is 5.75 Å². The van der Waals surface area contributed by atoms with E-state index in [2.05, 4.69) is 0 Å². The highest BCUT2D eigenvalue weighted by Gasteiger charge is 2.36. The van der Waals surface area contributed by atoms with Crippen molar-refractivity contribution in [3.63, 3.8) is 0 Å². The Morgan fingerprint density at radius 2 is 1.84 bits per heavy atom. The maximum atomic E-state index is 14.3.